The number of aryl methyl sites for hydroxylation is 1. The Balaban J connectivity index is 1.72. The summed E-state index contributed by atoms with van der Waals surface area (Å²) in [5.41, 5.74) is 1.08. The predicted octanol–water partition coefficient (Wildman–Crippen LogP) is 2.68. The molecule has 20 heavy (non-hydrogen) atoms. The molecule has 4 nitrogen and oxygen atoms in total. The van der Waals surface area contributed by atoms with Crippen LogP contribution in [0.2, 0.25) is 0 Å². The summed E-state index contributed by atoms with van der Waals surface area (Å²) in [6, 6.07) is 3.47. The molecule has 0 radical (unpaired) electrons. The molecule has 0 aliphatic carbocycles. The number of piperazine rings is 1. The van der Waals surface area contributed by atoms with Crippen molar-refractivity contribution in [3.63, 3.8) is 0 Å². The number of nitrogens with zero attached hydrogens (tertiary/aromatic N) is 3. The molecule has 0 amide bonds. The lowest BCUT2D eigenvalue weighted by molar-refractivity contribution is -0.0127. The first-order valence-corrected chi connectivity index (χ1v) is 8.04. The molecule has 2 saturated heterocycles. The molecular weight excluding hydrogens is 250 g/mol. The first-order chi connectivity index (χ1) is 9.63. The number of piperidine rings is 1. The van der Waals surface area contributed by atoms with Gasteiger partial charge in [0.2, 0.25) is 0 Å². The van der Waals surface area contributed by atoms with Crippen LogP contribution >= 0.6 is 0 Å². The number of fused-ring (bicyclic) bond motifs is 1. The Bertz CT molecular complexity index is 443. The van der Waals surface area contributed by atoms with E-state index in [4.69, 9.17) is 4.52 Å². The molecule has 0 aromatic carbocycles. The highest BCUT2D eigenvalue weighted by molar-refractivity contribution is 5.05. The topological polar surface area (TPSA) is 32.5 Å². The number of rotatable bonds is 3. The Morgan fingerprint density at radius 2 is 2.20 bits per heavy atom. The van der Waals surface area contributed by atoms with Crippen molar-refractivity contribution in [2.75, 3.05) is 19.6 Å². The van der Waals surface area contributed by atoms with Crippen LogP contribution in [-0.4, -0.2) is 46.7 Å². The van der Waals surface area contributed by atoms with Gasteiger partial charge in [-0.1, -0.05) is 25.4 Å². The highest BCUT2D eigenvalue weighted by Gasteiger charge is 2.36. The quantitative estimate of drug-likeness (QED) is 0.850. The van der Waals surface area contributed by atoms with E-state index in [9.17, 15) is 0 Å². The number of hydrogen-bond acceptors (Lipinski definition) is 4. The lowest BCUT2D eigenvalue weighted by Crippen LogP contribution is -2.60. The van der Waals surface area contributed by atoms with E-state index < -0.39 is 0 Å². The molecule has 4 heteroatoms. The summed E-state index contributed by atoms with van der Waals surface area (Å²) in [6.07, 6.45) is 4.13. The van der Waals surface area contributed by atoms with Crippen LogP contribution in [0.25, 0.3) is 0 Å². The third kappa shape index (κ3) is 2.91. The second-order valence-electron chi connectivity index (χ2n) is 6.81. The number of aromatic nitrogens is 1. The third-order valence-corrected chi connectivity index (χ3v) is 4.90. The molecule has 0 N–H and O–H groups in total. The van der Waals surface area contributed by atoms with E-state index in [2.05, 4.69) is 34.9 Å². The van der Waals surface area contributed by atoms with E-state index in [0.717, 1.165) is 24.0 Å². The summed E-state index contributed by atoms with van der Waals surface area (Å²) in [6.45, 7) is 11.3. The van der Waals surface area contributed by atoms with Crippen molar-refractivity contribution < 1.29 is 4.52 Å². The van der Waals surface area contributed by atoms with E-state index in [1.807, 2.05) is 6.92 Å². The van der Waals surface area contributed by atoms with Crippen LogP contribution in [0.4, 0.5) is 0 Å². The van der Waals surface area contributed by atoms with Crippen LogP contribution in [0, 0.1) is 12.8 Å². The summed E-state index contributed by atoms with van der Waals surface area (Å²) in [4.78, 5) is 5.35. The molecule has 1 aromatic heterocycles. The fourth-order valence-electron chi connectivity index (χ4n) is 3.78. The molecule has 2 atom stereocenters. The molecule has 2 aliphatic rings. The van der Waals surface area contributed by atoms with Crippen LogP contribution in [0.3, 0.4) is 0 Å². The predicted molar refractivity (Wildman–Crippen MR) is 79.5 cm³/mol. The van der Waals surface area contributed by atoms with E-state index >= 15 is 0 Å². The molecule has 2 aliphatic heterocycles. The third-order valence-electron chi connectivity index (χ3n) is 4.90. The van der Waals surface area contributed by atoms with Crippen molar-refractivity contribution in [1.29, 1.82) is 0 Å². The van der Waals surface area contributed by atoms with E-state index in [0.29, 0.717) is 12.0 Å². The Labute approximate surface area is 122 Å². The minimum atomic E-state index is 0.640. The zero-order valence-electron chi connectivity index (χ0n) is 13.0. The highest BCUT2D eigenvalue weighted by atomic mass is 16.5. The average molecular weight is 277 g/mol. The van der Waals surface area contributed by atoms with E-state index in [-0.39, 0.29) is 0 Å². The molecule has 112 valence electrons. The Morgan fingerprint density at radius 3 is 2.90 bits per heavy atom. The van der Waals surface area contributed by atoms with Crippen molar-refractivity contribution in [3.8, 4) is 0 Å². The highest BCUT2D eigenvalue weighted by Crippen LogP contribution is 2.28. The Hall–Kier alpha value is -0.870. The van der Waals surface area contributed by atoms with Crippen LogP contribution in [0.1, 0.15) is 44.6 Å². The van der Waals surface area contributed by atoms with E-state index in [1.54, 1.807) is 0 Å². The van der Waals surface area contributed by atoms with Crippen molar-refractivity contribution in [2.24, 2.45) is 5.92 Å². The summed E-state index contributed by atoms with van der Waals surface area (Å²) < 4.78 is 5.22. The van der Waals surface area contributed by atoms with Gasteiger partial charge in [-0.15, -0.1) is 0 Å². The average Bonchev–Trinajstić information content (AvgIpc) is 2.83. The van der Waals surface area contributed by atoms with Crippen LogP contribution < -0.4 is 0 Å². The fourth-order valence-corrected chi connectivity index (χ4v) is 3.78. The van der Waals surface area contributed by atoms with Gasteiger partial charge in [0.05, 0.1) is 5.69 Å². The maximum Gasteiger partial charge on any atom is 0.133 e. The zero-order valence-corrected chi connectivity index (χ0v) is 13.0. The van der Waals surface area contributed by atoms with Gasteiger partial charge in [-0.3, -0.25) is 9.80 Å². The molecule has 1 aromatic rings. The molecule has 2 fully saturated rings. The SMILES string of the molecule is Cc1cc(CN2CC3CCCCN3CC2C(C)C)no1. The van der Waals surface area contributed by atoms with E-state index in [1.165, 1.54) is 38.9 Å². The lowest BCUT2D eigenvalue weighted by Gasteiger charge is -2.49. The summed E-state index contributed by atoms with van der Waals surface area (Å²) in [7, 11) is 0. The summed E-state index contributed by atoms with van der Waals surface area (Å²) >= 11 is 0. The molecule has 0 saturated carbocycles. The standard InChI is InChI=1S/C16H27N3O/c1-12(2)16-11-18-7-5-4-6-15(18)10-19(16)9-14-8-13(3)20-17-14/h8,12,15-16H,4-7,9-11H2,1-3H3. The molecule has 3 rings (SSSR count). The zero-order chi connectivity index (χ0) is 14.1. The van der Waals surface area contributed by atoms with Crippen molar-refractivity contribution in [2.45, 2.75) is 58.7 Å². The van der Waals surface area contributed by atoms with Crippen LogP contribution in [0.5, 0.6) is 0 Å². The molecule has 2 unspecified atom stereocenters. The minimum Gasteiger partial charge on any atom is -0.361 e. The van der Waals surface area contributed by atoms with Crippen LogP contribution in [-0.2, 0) is 6.54 Å². The first-order valence-electron chi connectivity index (χ1n) is 8.04. The van der Waals surface area contributed by atoms with Gasteiger partial charge in [0.25, 0.3) is 0 Å². The monoisotopic (exact) mass is 277 g/mol. The normalized spacial score (nSPS) is 28.8. The Morgan fingerprint density at radius 1 is 1.35 bits per heavy atom. The van der Waals surface area contributed by atoms with Crippen LogP contribution in [0.15, 0.2) is 10.6 Å². The van der Waals surface area contributed by atoms with Gasteiger partial charge in [-0.05, 0) is 32.2 Å². The van der Waals surface area contributed by atoms with Gasteiger partial charge >= 0.3 is 0 Å². The van der Waals surface area contributed by atoms with Gasteiger partial charge in [0.1, 0.15) is 5.76 Å². The van der Waals surface area contributed by atoms with Gasteiger partial charge in [0, 0.05) is 37.8 Å². The second kappa shape index (κ2) is 5.86. The van der Waals surface area contributed by atoms with Crippen molar-refractivity contribution >= 4 is 0 Å². The fraction of sp³-hybridized carbons (Fsp3) is 0.812. The molecular formula is C16H27N3O. The number of hydrogen-bond donors (Lipinski definition) is 0. The minimum absolute atomic E-state index is 0.640. The maximum atomic E-state index is 5.22. The van der Waals surface area contributed by atoms with Gasteiger partial charge in [-0.2, -0.15) is 0 Å². The molecule has 0 bridgehead atoms. The summed E-state index contributed by atoms with van der Waals surface area (Å²) in [5.74, 6) is 1.60. The molecule has 0 spiro atoms. The molecule has 3 heterocycles. The first kappa shape index (κ1) is 14.1. The van der Waals surface area contributed by atoms with Crippen molar-refractivity contribution in [1.82, 2.24) is 15.0 Å². The Kier molecular flexibility index (Phi) is 4.13. The van der Waals surface area contributed by atoms with Gasteiger partial charge in [-0.25, -0.2) is 0 Å². The lowest BCUT2D eigenvalue weighted by atomic mass is 9.92. The largest absolute Gasteiger partial charge is 0.361 e. The summed E-state index contributed by atoms with van der Waals surface area (Å²) in [5, 5.41) is 4.18. The second-order valence-corrected chi connectivity index (χ2v) is 6.81. The van der Waals surface area contributed by atoms with Gasteiger partial charge < -0.3 is 4.52 Å². The van der Waals surface area contributed by atoms with Crippen molar-refractivity contribution in [3.05, 3.63) is 17.5 Å². The smallest absolute Gasteiger partial charge is 0.133 e. The van der Waals surface area contributed by atoms with Gasteiger partial charge in [0.15, 0.2) is 0 Å². The maximum absolute atomic E-state index is 5.22.